The van der Waals surface area contributed by atoms with E-state index in [1.54, 1.807) is 13.1 Å². The van der Waals surface area contributed by atoms with Gasteiger partial charge in [-0.1, -0.05) is 6.07 Å². The number of likely N-dealkylation sites (tertiary alicyclic amines) is 1. The van der Waals surface area contributed by atoms with Crippen molar-refractivity contribution in [3.63, 3.8) is 0 Å². The first kappa shape index (κ1) is 16.7. The van der Waals surface area contributed by atoms with Gasteiger partial charge in [0, 0.05) is 43.1 Å². The highest BCUT2D eigenvalue weighted by Crippen LogP contribution is 2.32. The smallest absolute Gasteiger partial charge is 0.219 e. The molecule has 28 heavy (non-hydrogen) atoms. The van der Waals surface area contributed by atoms with E-state index in [9.17, 15) is 4.79 Å². The largest absolute Gasteiger partial charge is 0.382 e. The van der Waals surface area contributed by atoms with Crippen molar-refractivity contribution in [1.82, 2.24) is 30.0 Å². The molecule has 142 valence electrons. The molecule has 1 fully saturated rings. The molecule has 8 heteroatoms. The summed E-state index contributed by atoms with van der Waals surface area (Å²) < 4.78 is 0. The number of anilines is 1. The molecule has 4 heterocycles. The molecule has 1 aliphatic rings. The minimum absolute atomic E-state index is 0.110. The van der Waals surface area contributed by atoms with Gasteiger partial charge in [0.05, 0.1) is 11.2 Å². The maximum absolute atomic E-state index is 11.8. The Labute approximate surface area is 161 Å². The number of aromatic amines is 2. The molecule has 0 spiro atoms. The molecule has 0 aliphatic carbocycles. The quantitative estimate of drug-likeness (QED) is 0.498. The third-order valence-electron chi connectivity index (χ3n) is 5.54. The van der Waals surface area contributed by atoms with Crippen LogP contribution >= 0.6 is 0 Å². The first-order chi connectivity index (χ1) is 13.6. The van der Waals surface area contributed by atoms with Crippen molar-refractivity contribution >= 4 is 33.7 Å². The molecule has 1 atom stereocenters. The predicted molar refractivity (Wildman–Crippen MR) is 108 cm³/mol. The Bertz CT molecular complexity index is 1180. The van der Waals surface area contributed by atoms with Crippen LogP contribution in [0.1, 0.15) is 31.5 Å². The summed E-state index contributed by atoms with van der Waals surface area (Å²) in [5, 5.41) is 7.92. The van der Waals surface area contributed by atoms with Crippen molar-refractivity contribution in [2.24, 2.45) is 0 Å². The van der Waals surface area contributed by atoms with E-state index in [4.69, 9.17) is 10.7 Å². The first-order valence-corrected chi connectivity index (χ1v) is 9.44. The summed E-state index contributed by atoms with van der Waals surface area (Å²) in [6.07, 6.45) is 3.70. The van der Waals surface area contributed by atoms with Crippen LogP contribution in [0.4, 0.5) is 5.82 Å². The van der Waals surface area contributed by atoms with Crippen molar-refractivity contribution in [1.29, 1.82) is 0 Å². The maximum atomic E-state index is 11.8. The van der Waals surface area contributed by atoms with Crippen LogP contribution in [0.2, 0.25) is 0 Å². The Balaban J connectivity index is 1.60. The number of nitrogens with one attached hydrogen (secondary N) is 2. The van der Waals surface area contributed by atoms with E-state index in [0.717, 1.165) is 58.4 Å². The van der Waals surface area contributed by atoms with Crippen molar-refractivity contribution < 1.29 is 4.79 Å². The van der Waals surface area contributed by atoms with Gasteiger partial charge in [-0.25, -0.2) is 9.97 Å². The molecule has 4 N–H and O–H groups in total. The summed E-state index contributed by atoms with van der Waals surface area (Å²) in [5.74, 6) is 1.60. The first-order valence-electron chi connectivity index (χ1n) is 9.44. The van der Waals surface area contributed by atoms with Crippen LogP contribution in [0.5, 0.6) is 0 Å². The van der Waals surface area contributed by atoms with Crippen LogP contribution in [-0.4, -0.2) is 49.0 Å². The number of pyridine rings is 1. The Morgan fingerprint density at radius 1 is 1.29 bits per heavy atom. The van der Waals surface area contributed by atoms with Crippen LogP contribution in [0, 0.1) is 0 Å². The van der Waals surface area contributed by atoms with Gasteiger partial charge in [-0.05, 0) is 31.0 Å². The molecule has 0 unspecified atom stereocenters. The minimum atomic E-state index is 0.110. The number of aromatic nitrogens is 5. The molecule has 3 aromatic heterocycles. The molecule has 0 bridgehead atoms. The number of fused-ring (bicyclic) bond motifs is 3. The summed E-state index contributed by atoms with van der Waals surface area (Å²) >= 11 is 0. The van der Waals surface area contributed by atoms with E-state index in [-0.39, 0.29) is 11.8 Å². The van der Waals surface area contributed by atoms with E-state index >= 15 is 0 Å². The van der Waals surface area contributed by atoms with E-state index < -0.39 is 0 Å². The van der Waals surface area contributed by atoms with Crippen LogP contribution in [-0.2, 0) is 4.79 Å². The van der Waals surface area contributed by atoms with Gasteiger partial charge in [0.25, 0.3) is 0 Å². The van der Waals surface area contributed by atoms with Crippen LogP contribution in [0.15, 0.2) is 30.5 Å². The normalized spacial score (nSPS) is 17.5. The molecule has 1 saturated heterocycles. The molecule has 5 rings (SSSR count). The van der Waals surface area contributed by atoms with E-state index in [1.165, 1.54) is 0 Å². The summed E-state index contributed by atoms with van der Waals surface area (Å²) in [6, 6.07) is 7.96. The van der Waals surface area contributed by atoms with Crippen LogP contribution < -0.4 is 5.73 Å². The average Bonchev–Trinajstić information content (AvgIpc) is 3.38. The second-order valence-corrected chi connectivity index (χ2v) is 7.35. The highest BCUT2D eigenvalue weighted by Gasteiger charge is 2.26. The maximum Gasteiger partial charge on any atom is 0.219 e. The molecule has 0 radical (unpaired) electrons. The molecule has 1 aliphatic heterocycles. The number of amides is 1. The number of piperidine rings is 1. The zero-order chi connectivity index (χ0) is 19.3. The van der Waals surface area contributed by atoms with Gasteiger partial charge < -0.3 is 15.6 Å². The zero-order valence-electron chi connectivity index (χ0n) is 15.6. The lowest BCUT2D eigenvalue weighted by atomic mass is 9.97. The number of rotatable bonds is 2. The zero-order valence-corrected chi connectivity index (χ0v) is 15.6. The Hall–Kier alpha value is -3.42. The number of carbonyl (C=O) groups is 1. The lowest BCUT2D eigenvalue weighted by Crippen LogP contribution is -2.37. The van der Waals surface area contributed by atoms with E-state index in [2.05, 4.69) is 20.2 Å². The van der Waals surface area contributed by atoms with Gasteiger partial charge >= 0.3 is 0 Å². The molecule has 8 nitrogen and oxygen atoms in total. The van der Waals surface area contributed by atoms with Gasteiger partial charge in [-0.15, -0.1) is 0 Å². The second kappa shape index (κ2) is 6.33. The van der Waals surface area contributed by atoms with Crippen molar-refractivity contribution in [2.75, 3.05) is 18.8 Å². The molecule has 4 aromatic rings. The summed E-state index contributed by atoms with van der Waals surface area (Å²) in [6.45, 7) is 3.12. The highest BCUT2D eigenvalue weighted by atomic mass is 16.2. The third-order valence-corrected chi connectivity index (χ3v) is 5.54. The summed E-state index contributed by atoms with van der Waals surface area (Å²) in [4.78, 5) is 26.5. The number of hydrogen-bond donors (Lipinski definition) is 3. The summed E-state index contributed by atoms with van der Waals surface area (Å²) in [7, 11) is 0. The SMILES string of the molecule is CC(=O)N1CCC[C@H](c2nc3c([nH]2)c(N)nc2cc(-c4ccn[nH]4)ccc23)C1. The number of carbonyl (C=O) groups excluding carboxylic acids is 1. The minimum Gasteiger partial charge on any atom is -0.382 e. The van der Waals surface area contributed by atoms with Crippen molar-refractivity contribution in [2.45, 2.75) is 25.7 Å². The molecule has 1 aromatic carbocycles. The van der Waals surface area contributed by atoms with Crippen molar-refractivity contribution in [3.8, 4) is 11.3 Å². The van der Waals surface area contributed by atoms with E-state index in [0.29, 0.717) is 12.4 Å². The number of imidazole rings is 1. The molecule has 1 amide bonds. The topological polar surface area (TPSA) is 117 Å². The van der Waals surface area contributed by atoms with Gasteiger partial charge in [0.15, 0.2) is 0 Å². The second-order valence-electron chi connectivity index (χ2n) is 7.35. The number of H-pyrrole nitrogens is 2. The molecule has 0 saturated carbocycles. The Kier molecular flexibility index (Phi) is 3.78. The van der Waals surface area contributed by atoms with Gasteiger partial charge in [0.2, 0.25) is 5.91 Å². The Morgan fingerprint density at radius 2 is 2.18 bits per heavy atom. The van der Waals surface area contributed by atoms with Crippen LogP contribution in [0.3, 0.4) is 0 Å². The Morgan fingerprint density at radius 3 is 2.96 bits per heavy atom. The number of benzene rings is 1. The number of nitrogens with zero attached hydrogens (tertiary/aromatic N) is 4. The van der Waals surface area contributed by atoms with E-state index in [1.807, 2.05) is 29.2 Å². The number of nitrogens with two attached hydrogens (primary N) is 1. The lowest BCUT2D eigenvalue weighted by Gasteiger charge is -2.30. The van der Waals surface area contributed by atoms with Gasteiger partial charge in [0.1, 0.15) is 22.7 Å². The highest BCUT2D eigenvalue weighted by molar-refractivity contribution is 6.07. The fraction of sp³-hybridized carbons (Fsp3) is 0.300. The standard InChI is InChI=1S/C20H21N7O/c1-11(28)27-8-2-3-13(10-27)20-24-17-14-5-4-12(15-6-7-22-26-15)9-16(14)23-19(21)18(17)25-20/h4-7,9,13H,2-3,8,10H2,1H3,(H2,21,23)(H,22,26)(H,24,25)/t13-/m0/s1. The van der Waals surface area contributed by atoms with Gasteiger partial charge in [-0.2, -0.15) is 5.10 Å². The number of hydrogen-bond acceptors (Lipinski definition) is 5. The third kappa shape index (κ3) is 2.69. The fourth-order valence-electron chi connectivity index (χ4n) is 4.05. The summed E-state index contributed by atoms with van der Waals surface area (Å²) in [5.41, 5.74) is 10.6. The fourth-order valence-corrected chi connectivity index (χ4v) is 4.05. The monoisotopic (exact) mass is 375 g/mol. The molecular weight excluding hydrogens is 354 g/mol. The average molecular weight is 375 g/mol. The van der Waals surface area contributed by atoms with Crippen molar-refractivity contribution in [3.05, 3.63) is 36.3 Å². The van der Waals surface area contributed by atoms with Crippen LogP contribution in [0.25, 0.3) is 33.2 Å². The van der Waals surface area contributed by atoms with Gasteiger partial charge in [-0.3, -0.25) is 9.89 Å². The lowest BCUT2D eigenvalue weighted by molar-refractivity contribution is -0.130. The molecular formula is C20H21N7O. The predicted octanol–water partition coefficient (Wildman–Crippen LogP) is 2.81. The number of nitrogen functional groups attached to an aromatic ring is 1.